The molecule has 0 aliphatic heterocycles. The first-order chi connectivity index (χ1) is 10.2. The van der Waals surface area contributed by atoms with Crippen LogP contribution in [0.15, 0.2) is 48.5 Å². The van der Waals surface area contributed by atoms with Crippen LogP contribution in [0.2, 0.25) is 0 Å². The molecular formula is C18H19NO2. The quantitative estimate of drug-likeness (QED) is 0.794. The van der Waals surface area contributed by atoms with Crippen molar-refractivity contribution in [3.63, 3.8) is 0 Å². The summed E-state index contributed by atoms with van der Waals surface area (Å²) in [6, 6.07) is 16.4. The molecule has 0 bridgehead atoms. The molecule has 1 heterocycles. The van der Waals surface area contributed by atoms with Crippen molar-refractivity contribution in [3.8, 4) is 5.75 Å². The average Bonchev–Trinajstić information content (AvgIpc) is 2.79. The lowest BCUT2D eigenvalue weighted by molar-refractivity contribution is 0.282. The van der Waals surface area contributed by atoms with Crippen molar-refractivity contribution >= 4 is 10.9 Å². The summed E-state index contributed by atoms with van der Waals surface area (Å²) in [6.45, 7) is 2.90. The van der Waals surface area contributed by atoms with Gasteiger partial charge in [-0.3, -0.25) is 0 Å². The Hall–Kier alpha value is -2.26. The van der Waals surface area contributed by atoms with Gasteiger partial charge in [0, 0.05) is 28.7 Å². The largest absolute Gasteiger partial charge is 0.497 e. The molecule has 0 saturated heterocycles. The molecule has 21 heavy (non-hydrogen) atoms. The molecule has 0 unspecified atom stereocenters. The maximum absolute atomic E-state index is 9.71. The van der Waals surface area contributed by atoms with Crippen LogP contribution in [0.5, 0.6) is 5.75 Å². The first-order valence-corrected chi connectivity index (χ1v) is 7.05. The molecule has 0 aliphatic rings. The number of aromatic nitrogens is 1. The molecule has 0 spiro atoms. The summed E-state index contributed by atoms with van der Waals surface area (Å²) in [6.07, 6.45) is 0. The summed E-state index contributed by atoms with van der Waals surface area (Å²) < 4.78 is 7.54. The maximum Gasteiger partial charge on any atom is 0.119 e. The van der Waals surface area contributed by atoms with Crippen LogP contribution in [-0.4, -0.2) is 16.8 Å². The van der Waals surface area contributed by atoms with Gasteiger partial charge < -0.3 is 14.4 Å². The van der Waals surface area contributed by atoms with Crippen LogP contribution in [-0.2, 0) is 13.2 Å². The Balaban J connectivity index is 2.16. The molecule has 1 aromatic heterocycles. The molecule has 0 saturated carbocycles. The number of fused-ring (bicyclic) bond motifs is 1. The Morgan fingerprint density at radius 3 is 2.52 bits per heavy atom. The zero-order chi connectivity index (χ0) is 14.8. The molecule has 3 rings (SSSR count). The number of aliphatic hydroxyl groups is 1. The highest BCUT2D eigenvalue weighted by Gasteiger charge is 2.14. The highest BCUT2D eigenvalue weighted by Crippen LogP contribution is 2.30. The van der Waals surface area contributed by atoms with Crippen LogP contribution in [0.4, 0.5) is 0 Å². The van der Waals surface area contributed by atoms with Gasteiger partial charge in [0.15, 0.2) is 0 Å². The third-order valence-electron chi connectivity index (χ3n) is 4.00. The van der Waals surface area contributed by atoms with Gasteiger partial charge in [-0.05, 0) is 30.7 Å². The summed E-state index contributed by atoms with van der Waals surface area (Å²) in [7, 11) is 1.66. The van der Waals surface area contributed by atoms with E-state index >= 15 is 0 Å². The number of hydrogen-bond acceptors (Lipinski definition) is 2. The molecule has 108 valence electrons. The van der Waals surface area contributed by atoms with Gasteiger partial charge in [-0.25, -0.2) is 0 Å². The topological polar surface area (TPSA) is 34.4 Å². The van der Waals surface area contributed by atoms with Gasteiger partial charge in [0.25, 0.3) is 0 Å². The van der Waals surface area contributed by atoms with Crippen molar-refractivity contribution in [2.45, 2.75) is 20.1 Å². The summed E-state index contributed by atoms with van der Waals surface area (Å²) in [5.41, 5.74) is 4.45. The van der Waals surface area contributed by atoms with Crippen molar-refractivity contribution < 1.29 is 9.84 Å². The van der Waals surface area contributed by atoms with Crippen molar-refractivity contribution in [3.05, 3.63) is 65.4 Å². The third kappa shape index (κ3) is 2.41. The lowest BCUT2D eigenvalue weighted by Gasteiger charge is -2.09. The summed E-state index contributed by atoms with van der Waals surface area (Å²) in [5.74, 6) is 0.814. The van der Waals surface area contributed by atoms with Crippen molar-refractivity contribution in [1.29, 1.82) is 0 Å². The van der Waals surface area contributed by atoms with Gasteiger partial charge in [0.1, 0.15) is 5.75 Å². The summed E-state index contributed by atoms with van der Waals surface area (Å²) in [5, 5.41) is 10.8. The maximum atomic E-state index is 9.71. The minimum absolute atomic E-state index is 0.0390. The molecule has 0 amide bonds. The van der Waals surface area contributed by atoms with Crippen molar-refractivity contribution in [1.82, 2.24) is 4.57 Å². The predicted octanol–water partition coefficient (Wildman–Crippen LogP) is 3.50. The number of benzene rings is 2. The van der Waals surface area contributed by atoms with Crippen LogP contribution in [0.25, 0.3) is 10.9 Å². The monoisotopic (exact) mass is 281 g/mol. The normalized spacial score (nSPS) is 11.0. The molecule has 3 aromatic rings. The molecule has 3 nitrogen and oxygen atoms in total. The lowest BCUT2D eigenvalue weighted by Crippen LogP contribution is -2.02. The molecule has 0 atom stereocenters. The first kappa shape index (κ1) is 13.7. The average molecular weight is 281 g/mol. The molecule has 0 fully saturated rings. The summed E-state index contributed by atoms with van der Waals surface area (Å²) >= 11 is 0. The molecule has 2 aromatic carbocycles. The number of hydrogen-bond donors (Lipinski definition) is 1. The van der Waals surface area contributed by atoms with E-state index in [1.807, 2.05) is 30.3 Å². The molecular weight excluding hydrogens is 262 g/mol. The van der Waals surface area contributed by atoms with Gasteiger partial charge >= 0.3 is 0 Å². The number of rotatable bonds is 4. The third-order valence-corrected chi connectivity index (χ3v) is 4.00. The van der Waals surface area contributed by atoms with Gasteiger partial charge in [-0.1, -0.05) is 30.3 Å². The number of ether oxygens (including phenoxy) is 1. The zero-order valence-electron chi connectivity index (χ0n) is 12.3. The molecule has 0 aliphatic carbocycles. The van der Waals surface area contributed by atoms with Crippen LogP contribution >= 0.6 is 0 Å². The fraction of sp³-hybridized carbons (Fsp3) is 0.222. The Kier molecular flexibility index (Phi) is 3.67. The van der Waals surface area contributed by atoms with Gasteiger partial charge in [0.05, 0.1) is 13.7 Å². The van der Waals surface area contributed by atoms with E-state index in [9.17, 15) is 5.11 Å². The van der Waals surface area contributed by atoms with E-state index in [1.54, 1.807) is 7.11 Å². The van der Waals surface area contributed by atoms with E-state index in [4.69, 9.17) is 4.74 Å². The SMILES string of the molecule is COc1ccc2c(c1)c(CO)c(C)n2Cc1ccccc1. The Morgan fingerprint density at radius 2 is 1.86 bits per heavy atom. The Labute approximate surface area is 124 Å². The van der Waals surface area contributed by atoms with E-state index < -0.39 is 0 Å². The van der Waals surface area contributed by atoms with E-state index in [0.717, 1.165) is 34.5 Å². The second kappa shape index (κ2) is 5.62. The standard InChI is InChI=1S/C18H19NO2/c1-13-17(12-20)16-10-15(21-2)8-9-18(16)19(13)11-14-6-4-3-5-7-14/h3-10,20H,11-12H2,1-2H3. The van der Waals surface area contributed by atoms with Crippen molar-refractivity contribution in [2.24, 2.45) is 0 Å². The highest BCUT2D eigenvalue weighted by atomic mass is 16.5. The van der Waals surface area contributed by atoms with Crippen LogP contribution in [0.3, 0.4) is 0 Å². The number of methoxy groups -OCH3 is 1. The second-order valence-electron chi connectivity index (χ2n) is 5.18. The van der Waals surface area contributed by atoms with Crippen LogP contribution < -0.4 is 4.74 Å². The van der Waals surface area contributed by atoms with Crippen LogP contribution in [0.1, 0.15) is 16.8 Å². The zero-order valence-corrected chi connectivity index (χ0v) is 12.3. The lowest BCUT2D eigenvalue weighted by atomic mass is 10.1. The van der Waals surface area contributed by atoms with Gasteiger partial charge in [-0.15, -0.1) is 0 Å². The number of aliphatic hydroxyl groups excluding tert-OH is 1. The predicted molar refractivity (Wildman–Crippen MR) is 84.7 cm³/mol. The fourth-order valence-electron chi connectivity index (χ4n) is 2.83. The number of nitrogens with zero attached hydrogens (tertiary/aromatic N) is 1. The molecule has 0 radical (unpaired) electrons. The van der Waals surface area contributed by atoms with Crippen LogP contribution in [0, 0.1) is 6.92 Å². The fourth-order valence-corrected chi connectivity index (χ4v) is 2.83. The minimum Gasteiger partial charge on any atom is -0.497 e. The van der Waals surface area contributed by atoms with E-state index in [0.29, 0.717) is 0 Å². The Bertz CT molecular complexity index is 760. The molecule has 3 heteroatoms. The van der Waals surface area contributed by atoms with Gasteiger partial charge in [0.2, 0.25) is 0 Å². The van der Waals surface area contributed by atoms with E-state index in [2.05, 4.69) is 29.7 Å². The van der Waals surface area contributed by atoms with E-state index in [1.165, 1.54) is 5.56 Å². The summed E-state index contributed by atoms with van der Waals surface area (Å²) in [4.78, 5) is 0. The van der Waals surface area contributed by atoms with Crippen molar-refractivity contribution in [2.75, 3.05) is 7.11 Å². The minimum atomic E-state index is 0.0390. The second-order valence-corrected chi connectivity index (χ2v) is 5.18. The smallest absolute Gasteiger partial charge is 0.119 e. The molecule has 1 N–H and O–H groups in total. The van der Waals surface area contributed by atoms with Gasteiger partial charge in [-0.2, -0.15) is 0 Å². The first-order valence-electron chi connectivity index (χ1n) is 7.05. The van der Waals surface area contributed by atoms with E-state index in [-0.39, 0.29) is 6.61 Å². The highest BCUT2D eigenvalue weighted by molar-refractivity contribution is 5.87. The Morgan fingerprint density at radius 1 is 1.10 bits per heavy atom.